The molecule has 0 atom stereocenters. The Morgan fingerprint density at radius 1 is 1.35 bits per heavy atom. The molecule has 88 valence electrons. The Balaban J connectivity index is 2.28. The zero-order chi connectivity index (χ0) is 12.4. The summed E-state index contributed by atoms with van der Waals surface area (Å²) >= 11 is 9.14. The van der Waals surface area contributed by atoms with Gasteiger partial charge < -0.3 is 10.5 Å². The first-order chi connectivity index (χ1) is 8.06. The van der Waals surface area contributed by atoms with Gasteiger partial charge in [0.1, 0.15) is 5.75 Å². The molecule has 0 aliphatic carbocycles. The molecule has 0 spiro atoms. The number of ether oxygens (including phenoxy) is 1. The SMILES string of the molecule is Cc1cc(Oc2ncc(Cl)cc2Br)ccc1N. The molecule has 1 aromatic heterocycles. The quantitative estimate of drug-likeness (QED) is 0.846. The Bertz CT molecular complexity index is 560. The van der Waals surface area contributed by atoms with E-state index in [0.29, 0.717) is 21.1 Å². The van der Waals surface area contributed by atoms with Crippen molar-refractivity contribution in [3.8, 4) is 11.6 Å². The van der Waals surface area contributed by atoms with Crippen LogP contribution in [0.25, 0.3) is 0 Å². The standard InChI is InChI=1S/C12H10BrClN2O/c1-7-4-9(2-3-11(7)15)17-12-10(13)5-8(14)6-16-12/h2-6H,15H2,1H3. The molecule has 0 saturated heterocycles. The van der Waals surface area contributed by atoms with E-state index in [1.54, 1.807) is 18.2 Å². The van der Waals surface area contributed by atoms with E-state index in [1.807, 2.05) is 13.0 Å². The second-order valence-corrected chi connectivity index (χ2v) is 4.85. The van der Waals surface area contributed by atoms with Crippen LogP contribution in [0, 0.1) is 6.92 Å². The number of nitrogens with zero attached hydrogens (tertiary/aromatic N) is 1. The van der Waals surface area contributed by atoms with Crippen molar-refractivity contribution in [2.75, 3.05) is 5.73 Å². The van der Waals surface area contributed by atoms with Crippen molar-refractivity contribution in [2.24, 2.45) is 0 Å². The third-order valence-corrected chi connectivity index (χ3v) is 3.00. The second-order valence-electron chi connectivity index (χ2n) is 3.56. The Morgan fingerprint density at radius 2 is 2.12 bits per heavy atom. The van der Waals surface area contributed by atoms with Gasteiger partial charge in [-0.15, -0.1) is 0 Å². The highest BCUT2D eigenvalue weighted by Crippen LogP contribution is 2.30. The van der Waals surface area contributed by atoms with Gasteiger partial charge >= 0.3 is 0 Å². The van der Waals surface area contributed by atoms with Crippen molar-refractivity contribution < 1.29 is 4.74 Å². The number of hydrogen-bond donors (Lipinski definition) is 1. The number of anilines is 1. The van der Waals surface area contributed by atoms with Gasteiger partial charge in [-0.25, -0.2) is 4.98 Å². The number of pyridine rings is 1. The third kappa shape index (κ3) is 2.90. The van der Waals surface area contributed by atoms with E-state index >= 15 is 0 Å². The van der Waals surface area contributed by atoms with Crippen molar-refractivity contribution in [2.45, 2.75) is 6.92 Å². The molecule has 0 saturated carbocycles. The van der Waals surface area contributed by atoms with Crippen LogP contribution in [-0.2, 0) is 0 Å². The maximum absolute atomic E-state index is 5.80. The fourth-order valence-electron chi connectivity index (χ4n) is 1.30. The van der Waals surface area contributed by atoms with Gasteiger partial charge in [0.15, 0.2) is 0 Å². The lowest BCUT2D eigenvalue weighted by atomic mass is 10.2. The number of aryl methyl sites for hydroxylation is 1. The van der Waals surface area contributed by atoms with Crippen LogP contribution in [0.3, 0.4) is 0 Å². The molecular formula is C12H10BrClN2O. The Morgan fingerprint density at radius 3 is 2.76 bits per heavy atom. The maximum Gasteiger partial charge on any atom is 0.233 e. The van der Waals surface area contributed by atoms with E-state index in [4.69, 9.17) is 22.1 Å². The molecule has 2 N–H and O–H groups in total. The van der Waals surface area contributed by atoms with Crippen LogP contribution < -0.4 is 10.5 Å². The normalized spacial score (nSPS) is 10.3. The van der Waals surface area contributed by atoms with Crippen LogP contribution in [0.2, 0.25) is 5.02 Å². The molecule has 2 rings (SSSR count). The molecule has 1 heterocycles. The summed E-state index contributed by atoms with van der Waals surface area (Å²) in [5, 5.41) is 0.553. The topological polar surface area (TPSA) is 48.1 Å². The van der Waals surface area contributed by atoms with E-state index in [0.717, 1.165) is 11.3 Å². The number of halogens is 2. The highest BCUT2D eigenvalue weighted by Gasteiger charge is 2.06. The predicted molar refractivity (Wildman–Crippen MR) is 72.6 cm³/mol. The first kappa shape index (κ1) is 12.2. The summed E-state index contributed by atoms with van der Waals surface area (Å²) in [6, 6.07) is 7.19. The number of hydrogen-bond acceptors (Lipinski definition) is 3. The minimum absolute atomic E-state index is 0.471. The molecule has 0 amide bonds. The van der Waals surface area contributed by atoms with Crippen molar-refractivity contribution in [1.29, 1.82) is 0 Å². The second kappa shape index (κ2) is 4.94. The van der Waals surface area contributed by atoms with Gasteiger partial charge in [0, 0.05) is 11.9 Å². The largest absolute Gasteiger partial charge is 0.438 e. The summed E-state index contributed by atoms with van der Waals surface area (Å²) < 4.78 is 6.34. The zero-order valence-corrected chi connectivity index (χ0v) is 11.4. The molecule has 3 nitrogen and oxygen atoms in total. The van der Waals surface area contributed by atoms with Crippen LogP contribution in [0.5, 0.6) is 11.6 Å². The summed E-state index contributed by atoms with van der Waals surface area (Å²) in [5.41, 5.74) is 7.44. The molecule has 5 heteroatoms. The number of nitrogens with two attached hydrogens (primary N) is 1. The molecule has 1 aromatic carbocycles. The van der Waals surface area contributed by atoms with Gasteiger partial charge in [-0.05, 0) is 52.7 Å². The lowest BCUT2D eigenvalue weighted by Crippen LogP contribution is -1.92. The van der Waals surface area contributed by atoms with Gasteiger partial charge in [-0.1, -0.05) is 11.6 Å². The van der Waals surface area contributed by atoms with Crippen molar-refractivity contribution in [3.05, 3.63) is 45.5 Å². The molecule has 0 bridgehead atoms. The van der Waals surface area contributed by atoms with Crippen LogP contribution in [0.4, 0.5) is 5.69 Å². The number of aromatic nitrogens is 1. The molecule has 0 radical (unpaired) electrons. The summed E-state index contributed by atoms with van der Waals surface area (Å²) in [6.07, 6.45) is 1.53. The smallest absolute Gasteiger partial charge is 0.233 e. The average molecular weight is 314 g/mol. The molecule has 17 heavy (non-hydrogen) atoms. The number of nitrogen functional groups attached to an aromatic ring is 1. The highest BCUT2D eigenvalue weighted by molar-refractivity contribution is 9.10. The van der Waals surface area contributed by atoms with Crippen LogP contribution >= 0.6 is 27.5 Å². The van der Waals surface area contributed by atoms with E-state index < -0.39 is 0 Å². The Labute approximate surface area is 113 Å². The highest BCUT2D eigenvalue weighted by atomic mass is 79.9. The fourth-order valence-corrected chi connectivity index (χ4v) is 2.02. The zero-order valence-electron chi connectivity index (χ0n) is 9.08. The molecule has 0 aliphatic heterocycles. The summed E-state index contributed by atoms with van der Waals surface area (Å²) in [6.45, 7) is 1.92. The fraction of sp³-hybridized carbons (Fsp3) is 0.0833. The third-order valence-electron chi connectivity index (χ3n) is 2.23. The summed E-state index contributed by atoms with van der Waals surface area (Å²) in [7, 11) is 0. The Kier molecular flexibility index (Phi) is 3.54. The molecule has 2 aromatic rings. The lowest BCUT2D eigenvalue weighted by Gasteiger charge is -2.08. The predicted octanol–water partition coefficient (Wildman–Crippen LogP) is 4.18. The van der Waals surface area contributed by atoms with Crippen LogP contribution in [0.1, 0.15) is 5.56 Å². The van der Waals surface area contributed by atoms with Crippen molar-refractivity contribution in [3.63, 3.8) is 0 Å². The lowest BCUT2D eigenvalue weighted by molar-refractivity contribution is 0.459. The summed E-state index contributed by atoms with van der Waals surface area (Å²) in [5.74, 6) is 1.16. The van der Waals surface area contributed by atoms with E-state index in [9.17, 15) is 0 Å². The van der Waals surface area contributed by atoms with E-state index in [1.165, 1.54) is 6.20 Å². The molecule has 0 aliphatic rings. The first-order valence-electron chi connectivity index (χ1n) is 4.91. The monoisotopic (exact) mass is 312 g/mol. The van der Waals surface area contributed by atoms with Crippen molar-refractivity contribution >= 4 is 33.2 Å². The van der Waals surface area contributed by atoms with E-state index in [2.05, 4.69) is 20.9 Å². The number of benzene rings is 1. The molecule has 0 fully saturated rings. The number of rotatable bonds is 2. The van der Waals surface area contributed by atoms with Crippen LogP contribution in [0.15, 0.2) is 34.9 Å². The molecule has 0 unspecified atom stereocenters. The minimum atomic E-state index is 0.471. The molecular weight excluding hydrogens is 304 g/mol. The van der Waals surface area contributed by atoms with Crippen LogP contribution in [-0.4, -0.2) is 4.98 Å². The van der Waals surface area contributed by atoms with Gasteiger partial charge in [-0.2, -0.15) is 0 Å². The minimum Gasteiger partial charge on any atom is -0.438 e. The first-order valence-corrected chi connectivity index (χ1v) is 6.08. The Hall–Kier alpha value is -1.26. The van der Waals surface area contributed by atoms with Crippen molar-refractivity contribution in [1.82, 2.24) is 4.98 Å². The van der Waals surface area contributed by atoms with Gasteiger partial charge in [0.2, 0.25) is 5.88 Å². The van der Waals surface area contributed by atoms with Gasteiger partial charge in [0.25, 0.3) is 0 Å². The van der Waals surface area contributed by atoms with E-state index in [-0.39, 0.29) is 0 Å². The summed E-state index contributed by atoms with van der Waals surface area (Å²) in [4.78, 5) is 4.09. The maximum atomic E-state index is 5.80. The van der Waals surface area contributed by atoms with Gasteiger partial charge in [0.05, 0.1) is 9.50 Å². The van der Waals surface area contributed by atoms with Gasteiger partial charge in [-0.3, -0.25) is 0 Å². The average Bonchev–Trinajstić information content (AvgIpc) is 2.27.